The Bertz CT molecular complexity index is 1400. The number of ether oxygens (including phenoxy) is 1. The van der Waals surface area contributed by atoms with Crippen LogP contribution in [-0.2, 0) is 11.3 Å². The number of hydrogen-bond donors (Lipinski definition) is 0. The number of pyridine rings is 1. The van der Waals surface area contributed by atoms with Crippen molar-refractivity contribution in [2.24, 2.45) is 0 Å². The van der Waals surface area contributed by atoms with Crippen LogP contribution in [0, 0.1) is 0 Å². The molecule has 0 N–H and O–H groups in total. The van der Waals surface area contributed by atoms with E-state index in [2.05, 4.69) is 15.1 Å². The molecule has 0 aliphatic heterocycles. The lowest BCUT2D eigenvalue weighted by Gasteiger charge is -2.05. The second kappa shape index (κ2) is 8.27. The van der Waals surface area contributed by atoms with Gasteiger partial charge in [0.05, 0.1) is 11.4 Å². The van der Waals surface area contributed by atoms with E-state index >= 15 is 0 Å². The fourth-order valence-electron chi connectivity index (χ4n) is 3.30. The van der Waals surface area contributed by atoms with Crippen LogP contribution in [0.25, 0.3) is 22.7 Å². The molecule has 0 fully saturated rings. The average molecular weight is 423 g/mol. The molecule has 0 saturated heterocycles. The summed E-state index contributed by atoms with van der Waals surface area (Å²) in [5, 5.41) is 4.38. The molecule has 0 aliphatic carbocycles. The number of para-hydroxylation sites is 1. The van der Waals surface area contributed by atoms with Gasteiger partial charge in [-0.2, -0.15) is 0 Å². The highest BCUT2D eigenvalue weighted by atomic mass is 16.5. The van der Waals surface area contributed by atoms with Crippen LogP contribution in [0.1, 0.15) is 16.3 Å². The molecule has 2 aromatic carbocycles. The molecule has 0 atom stereocenters. The predicted octanol–water partition coefficient (Wildman–Crippen LogP) is 3.30. The molecule has 0 aliphatic rings. The van der Waals surface area contributed by atoms with E-state index in [1.807, 2.05) is 60.7 Å². The minimum atomic E-state index is -0.702. The molecule has 8 heteroatoms. The van der Waals surface area contributed by atoms with E-state index in [9.17, 15) is 9.59 Å². The van der Waals surface area contributed by atoms with Crippen LogP contribution < -0.4 is 5.56 Å². The maximum Gasteiger partial charge on any atom is 0.378 e. The smallest absolute Gasteiger partial charge is 0.378 e. The van der Waals surface area contributed by atoms with Gasteiger partial charge in [-0.1, -0.05) is 54.6 Å². The minimum Gasteiger partial charge on any atom is -0.453 e. The topological polar surface area (TPSA) is 91.4 Å². The van der Waals surface area contributed by atoms with Crippen LogP contribution in [0.5, 0.6) is 0 Å². The summed E-state index contributed by atoms with van der Waals surface area (Å²) in [7, 11) is 0. The van der Waals surface area contributed by atoms with Crippen molar-refractivity contribution in [2.45, 2.75) is 6.61 Å². The summed E-state index contributed by atoms with van der Waals surface area (Å²) in [4.78, 5) is 33.7. The van der Waals surface area contributed by atoms with E-state index < -0.39 is 5.97 Å². The first-order chi connectivity index (χ1) is 15.7. The summed E-state index contributed by atoms with van der Waals surface area (Å²) in [5.41, 5.74) is 2.15. The van der Waals surface area contributed by atoms with Crippen LogP contribution in [-0.4, -0.2) is 30.1 Å². The monoisotopic (exact) mass is 423 g/mol. The highest BCUT2D eigenvalue weighted by Crippen LogP contribution is 2.21. The Balaban J connectivity index is 1.44. The third-order valence-electron chi connectivity index (χ3n) is 4.80. The number of fused-ring (bicyclic) bond motifs is 1. The molecule has 0 bridgehead atoms. The molecular formula is C24H17N5O3. The fraction of sp³-hybridized carbons (Fsp3) is 0.0417. The molecule has 5 aromatic rings. The van der Waals surface area contributed by atoms with Gasteiger partial charge in [0, 0.05) is 17.8 Å². The van der Waals surface area contributed by atoms with E-state index in [0.717, 1.165) is 11.3 Å². The predicted molar refractivity (Wildman–Crippen MR) is 117 cm³/mol. The summed E-state index contributed by atoms with van der Waals surface area (Å²) in [6.45, 7) is -0.167. The zero-order chi connectivity index (χ0) is 21.9. The molecule has 0 amide bonds. The van der Waals surface area contributed by atoms with Gasteiger partial charge in [-0.15, -0.1) is 5.10 Å². The molecular weight excluding hydrogens is 406 g/mol. The number of aromatic nitrogens is 5. The van der Waals surface area contributed by atoms with Gasteiger partial charge < -0.3 is 4.74 Å². The van der Waals surface area contributed by atoms with E-state index in [1.54, 1.807) is 29.1 Å². The van der Waals surface area contributed by atoms with Crippen molar-refractivity contribution >= 4 is 11.6 Å². The van der Waals surface area contributed by atoms with Crippen molar-refractivity contribution in [1.82, 2.24) is 24.1 Å². The van der Waals surface area contributed by atoms with Crippen LogP contribution >= 0.6 is 0 Å². The molecule has 0 spiro atoms. The van der Waals surface area contributed by atoms with Gasteiger partial charge in [0.1, 0.15) is 12.3 Å². The molecule has 32 heavy (non-hydrogen) atoms. The van der Waals surface area contributed by atoms with Gasteiger partial charge in [-0.25, -0.2) is 19.4 Å². The first-order valence-corrected chi connectivity index (χ1v) is 9.91. The quantitative estimate of drug-likeness (QED) is 0.403. The Labute approximate surface area is 182 Å². The van der Waals surface area contributed by atoms with Crippen LogP contribution in [0.2, 0.25) is 0 Å². The number of benzene rings is 2. The lowest BCUT2D eigenvalue weighted by molar-refractivity contribution is 0.0453. The highest BCUT2D eigenvalue weighted by Gasteiger charge is 2.20. The SMILES string of the molecule is O=C(OCc1cc(=O)n2ccccc2n1)c1nc(-c2ccccc2)n(-c2ccccc2)n1. The summed E-state index contributed by atoms with van der Waals surface area (Å²) in [5.74, 6) is -0.261. The lowest BCUT2D eigenvalue weighted by Crippen LogP contribution is -2.16. The van der Waals surface area contributed by atoms with Gasteiger partial charge in [-0.3, -0.25) is 9.20 Å². The zero-order valence-electron chi connectivity index (χ0n) is 16.8. The lowest BCUT2D eigenvalue weighted by atomic mass is 10.2. The van der Waals surface area contributed by atoms with E-state index in [4.69, 9.17) is 4.74 Å². The molecule has 5 rings (SSSR count). The molecule has 0 saturated carbocycles. The van der Waals surface area contributed by atoms with Crippen molar-refractivity contribution in [1.29, 1.82) is 0 Å². The average Bonchev–Trinajstić information content (AvgIpc) is 3.29. The third kappa shape index (κ3) is 3.77. The summed E-state index contributed by atoms with van der Waals surface area (Å²) in [6, 6.07) is 25.5. The standard InChI is InChI=1S/C24H17N5O3/c30-21-15-18(25-20-13-7-8-14-28(20)21)16-32-24(31)22-26-23(17-9-3-1-4-10-17)29(27-22)19-11-5-2-6-12-19/h1-15H,16H2. The van der Waals surface area contributed by atoms with Gasteiger partial charge in [0.25, 0.3) is 11.4 Å². The number of rotatable bonds is 5. The van der Waals surface area contributed by atoms with Gasteiger partial charge >= 0.3 is 5.97 Å². The number of carbonyl (C=O) groups is 1. The number of hydrogen-bond acceptors (Lipinski definition) is 6. The molecule has 8 nitrogen and oxygen atoms in total. The Morgan fingerprint density at radius 3 is 2.38 bits per heavy atom. The summed E-state index contributed by atoms with van der Waals surface area (Å²) in [6.07, 6.45) is 1.63. The van der Waals surface area contributed by atoms with E-state index in [0.29, 0.717) is 17.2 Å². The first-order valence-electron chi connectivity index (χ1n) is 9.91. The molecule has 3 heterocycles. The second-order valence-corrected chi connectivity index (χ2v) is 6.96. The zero-order valence-corrected chi connectivity index (χ0v) is 16.8. The van der Waals surface area contributed by atoms with E-state index in [-0.39, 0.29) is 18.0 Å². The van der Waals surface area contributed by atoms with Crippen LogP contribution in [0.4, 0.5) is 0 Å². The highest BCUT2D eigenvalue weighted by molar-refractivity contribution is 5.86. The maximum atomic E-state index is 12.7. The van der Waals surface area contributed by atoms with Crippen molar-refractivity contribution in [3.63, 3.8) is 0 Å². The maximum absolute atomic E-state index is 12.7. The van der Waals surface area contributed by atoms with Crippen LogP contribution in [0.15, 0.2) is 95.9 Å². The van der Waals surface area contributed by atoms with Crippen LogP contribution in [0.3, 0.4) is 0 Å². The number of esters is 1. The fourth-order valence-corrected chi connectivity index (χ4v) is 3.30. The van der Waals surface area contributed by atoms with Gasteiger partial charge in [0.15, 0.2) is 5.82 Å². The van der Waals surface area contributed by atoms with E-state index in [1.165, 1.54) is 10.5 Å². The van der Waals surface area contributed by atoms with Crippen molar-refractivity contribution in [2.75, 3.05) is 0 Å². The van der Waals surface area contributed by atoms with Crippen molar-refractivity contribution in [3.05, 3.63) is 113 Å². The third-order valence-corrected chi connectivity index (χ3v) is 4.80. The number of carbonyl (C=O) groups excluding carboxylic acids is 1. The van der Waals surface area contributed by atoms with Gasteiger partial charge in [-0.05, 0) is 24.3 Å². The van der Waals surface area contributed by atoms with Crippen molar-refractivity contribution < 1.29 is 9.53 Å². The molecule has 156 valence electrons. The minimum absolute atomic E-state index is 0.0785. The largest absolute Gasteiger partial charge is 0.453 e. The Morgan fingerprint density at radius 1 is 0.875 bits per heavy atom. The summed E-state index contributed by atoms with van der Waals surface area (Å²) < 4.78 is 8.39. The summed E-state index contributed by atoms with van der Waals surface area (Å²) >= 11 is 0. The molecule has 0 unspecified atom stereocenters. The Hall–Kier alpha value is -4.59. The molecule has 3 aromatic heterocycles. The van der Waals surface area contributed by atoms with Gasteiger partial charge in [0.2, 0.25) is 0 Å². The first kappa shape index (κ1) is 19.4. The number of nitrogens with zero attached hydrogens (tertiary/aromatic N) is 5. The second-order valence-electron chi connectivity index (χ2n) is 6.96. The molecule has 0 radical (unpaired) electrons. The normalized spacial score (nSPS) is 10.9. The Kier molecular flexibility index (Phi) is 5.01. The Morgan fingerprint density at radius 2 is 1.59 bits per heavy atom. The van der Waals surface area contributed by atoms with Crippen molar-refractivity contribution in [3.8, 4) is 17.1 Å².